The second-order valence-corrected chi connectivity index (χ2v) is 4.20. The van der Waals surface area contributed by atoms with Crippen LogP contribution in [0, 0.1) is 0 Å². The van der Waals surface area contributed by atoms with Gasteiger partial charge in [-0.25, -0.2) is 4.98 Å². The molecule has 0 aliphatic carbocycles. The van der Waals surface area contributed by atoms with Crippen molar-refractivity contribution in [2.24, 2.45) is 0 Å². The number of rotatable bonds is 4. The van der Waals surface area contributed by atoms with Gasteiger partial charge in [0.25, 0.3) is 0 Å². The van der Waals surface area contributed by atoms with Crippen molar-refractivity contribution < 1.29 is 0 Å². The highest BCUT2D eigenvalue weighted by atomic mass is 15.2. The molecule has 2 N–H and O–H groups in total. The molecule has 0 aliphatic heterocycles. The van der Waals surface area contributed by atoms with E-state index >= 15 is 0 Å². The van der Waals surface area contributed by atoms with E-state index in [9.17, 15) is 0 Å². The van der Waals surface area contributed by atoms with E-state index in [4.69, 9.17) is 0 Å². The molecule has 0 amide bonds. The van der Waals surface area contributed by atoms with Crippen LogP contribution in [0.1, 0.15) is 13.3 Å². The Labute approximate surface area is 110 Å². The molecule has 3 rings (SSSR count). The number of hydrogen-bond acceptors (Lipinski definition) is 5. The molecule has 0 atom stereocenters. The maximum atomic E-state index is 4.56. The van der Waals surface area contributed by atoms with Gasteiger partial charge in [-0.1, -0.05) is 6.92 Å². The van der Waals surface area contributed by atoms with Crippen LogP contribution >= 0.6 is 0 Å². The third-order valence-corrected chi connectivity index (χ3v) is 2.78. The molecule has 19 heavy (non-hydrogen) atoms. The van der Waals surface area contributed by atoms with Crippen LogP contribution in [0.2, 0.25) is 0 Å². The van der Waals surface area contributed by atoms with Crippen LogP contribution in [-0.2, 0) is 0 Å². The normalized spacial score (nSPS) is 10.8. The average molecular weight is 254 g/mol. The van der Waals surface area contributed by atoms with Crippen molar-refractivity contribution >= 4 is 17.0 Å². The first-order valence-corrected chi connectivity index (χ1v) is 6.24. The lowest BCUT2D eigenvalue weighted by molar-refractivity contribution is 0.955. The molecule has 0 bridgehead atoms. The molecule has 0 saturated carbocycles. The molecule has 3 heterocycles. The minimum Gasteiger partial charge on any atom is -0.354 e. The number of hydrogen-bond donors (Lipinski definition) is 2. The van der Waals surface area contributed by atoms with Crippen molar-refractivity contribution in [3.05, 3.63) is 30.7 Å². The van der Waals surface area contributed by atoms with Crippen LogP contribution in [0.15, 0.2) is 30.7 Å². The smallest absolute Gasteiger partial charge is 0.225 e. The van der Waals surface area contributed by atoms with Crippen LogP contribution in [0.3, 0.4) is 0 Å². The highest BCUT2D eigenvalue weighted by Gasteiger charge is 2.11. The standard InChI is InChI=1S/C13H14N6/c1-2-5-15-13-17-11(9-4-3-6-14-7-9)10-8-16-19-12(10)18-13/h3-4,6-8H,2,5H2,1H3,(H2,15,16,17,18,19). The lowest BCUT2D eigenvalue weighted by Gasteiger charge is -2.06. The number of anilines is 1. The quantitative estimate of drug-likeness (QED) is 0.746. The maximum Gasteiger partial charge on any atom is 0.225 e. The van der Waals surface area contributed by atoms with E-state index in [1.165, 1.54) is 0 Å². The molecule has 0 radical (unpaired) electrons. The molecular weight excluding hydrogens is 240 g/mol. The van der Waals surface area contributed by atoms with Crippen molar-refractivity contribution in [1.29, 1.82) is 0 Å². The molecule has 0 aliphatic rings. The van der Waals surface area contributed by atoms with Crippen molar-refractivity contribution in [2.45, 2.75) is 13.3 Å². The Hall–Kier alpha value is -2.50. The van der Waals surface area contributed by atoms with Crippen LogP contribution in [-0.4, -0.2) is 31.7 Å². The monoisotopic (exact) mass is 254 g/mol. The van der Waals surface area contributed by atoms with Gasteiger partial charge < -0.3 is 5.32 Å². The van der Waals surface area contributed by atoms with E-state index in [0.717, 1.165) is 35.3 Å². The number of nitrogens with zero attached hydrogens (tertiary/aromatic N) is 4. The van der Waals surface area contributed by atoms with Gasteiger partial charge in [0.15, 0.2) is 5.65 Å². The molecule has 3 aromatic heterocycles. The van der Waals surface area contributed by atoms with E-state index in [1.54, 1.807) is 18.6 Å². The fraction of sp³-hybridized carbons (Fsp3) is 0.231. The zero-order valence-corrected chi connectivity index (χ0v) is 10.6. The number of fused-ring (bicyclic) bond motifs is 1. The number of aromatic nitrogens is 5. The largest absolute Gasteiger partial charge is 0.354 e. The third-order valence-electron chi connectivity index (χ3n) is 2.78. The summed E-state index contributed by atoms with van der Waals surface area (Å²) < 4.78 is 0. The summed E-state index contributed by atoms with van der Waals surface area (Å²) in [5.41, 5.74) is 2.52. The summed E-state index contributed by atoms with van der Waals surface area (Å²) in [6, 6.07) is 3.87. The minimum atomic E-state index is 0.609. The van der Waals surface area contributed by atoms with Gasteiger partial charge in [0.05, 0.1) is 17.3 Å². The summed E-state index contributed by atoms with van der Waals surface area (Å²) in [6.07, 6.45) is 6.29. The summed E-state index contributed by atoms with van der Waals surface area (Å²) in [5.74, 6) is 0.609. The van der Waals surface area contributed by atoms with E-state index in [1.807, 2.05) is 12.1 Å². The fourth-order valence-electron chi connectivity index (χ4n) is 1.87. The predicted octanol–water partition coefficient (Wildman–Crippen LogP) is 2.24. The summed E-state index contributed by atoms with van der Waals surface area (Å²) in [7, 11) is 0. The van der Waals surface area contributed by atoms with Gasteiger partial charge in [0.2, 0.25) is 5.95 Å². The van der Waals surface area contributed by atoms with E-state index in [-0.39, 0.29) is 0 Å². The summed E-state index contributed by atoms with van der Waals surface area (Å²) in [4.78, 5) is 13.1. The van der Waals surface area contributed by atoms with Crippen LogP contribution < -0.4 is 5.32 Å². The first-order chi connectivity index (χ1) is 9.38. The zero-order valence-electron chi connectivity index (χ0n) is 10.6. The molecule has 3 aromatic rings. The highest BCUT2D eigenvalue weighted by molar-refractivity contribution is 5.90. The Morgan fingerprint density at radius 1 is 1.26 bits per heavy atom. The molecule has 0 fully saturated rings. The van der Waals surface area contributed by atoms with Gasteiger partial charge in [-0.3, -0.25) is 10.1 Å². The zero-order chi connectivity index (χ0) is 13.1. The maximum absolute atomic E-state index is 4.56. The van der Waals surface area contributed by atoms with Crippen molar-refractivity contribution in [2.75, 3.05) is 11.9 Å². The first kappa shape index (κ1) is 11.6. The number of aromatic amines is 1. The molecular formula is C13H14N6. The Morgan fingerprint density at radius 2 is 2.21 bits per heavy atom. The SMILES string of the molecule is CCCNc1nc(-c2cccnc2)c2cn[nH]c2n1. The summed E-state index contributed by atoms with van der Waals surface area (Å²) in [6.45, 7) is 2.94. The van der Waals surface area contributed by atoms with Gasteiger partial charge >= 0.3 is 0 Å². The van der Waals surface area contributed by atoms with Gasteiger partial charge in [-0.05, 0) is 18.6 Å². The first-order valence-electron chi connectivity index (χ1n) is 6.24. The topological polar surface area (TPSA) is 79.4 Å². The minimum absolute atomic E-state index is 0.609. The Kier molecular flexibility index (Phi) is 3.06. The molecule has 0 aromatic carbocycles. The van der Waals surface area contributed by atoms with Gasteiger partial charge in [-0.15, -0.1) is 0 Å². The van der Waals surface area contributed by atoms with Crippen LogP contribution in [0.25, 0.3) is 22.3 Å². The Balaban J connectivity index is 2.13. The summed E-state index contributed by atoms with van der Waals surface area (Å²) >= 11 is 0. The summed E-state index contributed by atoms with van der Waals surface area (Å²) in [5, 5.41) is 11.0. The van der Waals surface area contributed by atoms with Crippen molar-refractivity contribution in [1.82, 2.24) is 25.1 Å². The predicted molar refractivity (Wildman–Crippen MR) is 73.7 cm³/mol. The van der Waals surface area contributed by atoms with Crippen LogP contribution in [0.4, 0.5) is 5.95 Å². The Bertz CT molecular complexity index is 676. The Morgan fingerprint density at radius 3 is 3.00 bits per heavy atom. The van der Waals surface area contributed by atoms with Gasteiger partial charge in [0, 0.05) is 24.5 Å². The van der Waals surface area contributed by atoms with E-state index < -0.39 is 0 Å². The molecule has 0 spiro atoms. The second kappa shape index (κ2) is 5.01. The molecule has 6 heteroatoms. The fourth-order valence-corrected chi connectivity index (χ4v) is 1.87. The number of nitrogens with one attached hydrogen (secondary N) is 2. The van der Waals surface area contributed by atoms with Gasteiger partial charge in [0.1, 0.15) is 0 Å². The number of H-pyrrole nitrogens is 1. The van der Waals surface area contributed by atoms with Crippen molar-refractivity contribution in [3.63, 3.8) is 0 Å². The molecule has 6 nitrogen and oxygen atoms in total. The second-order valence-electron chi connectivity index (χ2n) is 4.20. The molecule has 0 saturated heterocycles. The van der Waals surface area contributed by atoms with Gasteiger partial charge in [-0.2, -0.15) is 10.1 Å². The van der Waals surface area contributed by atoms with E-state index in [0.29, 0.717) is 5.95 Å². The van der Waals surface area contributed by atoms with Crippen LogP contribution in [0.5, 0.6) is 0 Å². The lowest BCUT2D eigenvalue weighted by atomic mass is 10.1. The lowest BCUT2D eigenvalue weighted by Crippen LogP contribution is -2.05. The molecule has 96 valence electrons. The third kappa shape index (κ3) is 2.24. The van der Waals surface area contributed by atoms with Crippen molar-refractivity contribution in [3.8, 4) is 11.3 Å². The highest BCUT2D eigenvalue weighted by Crippen LogP contribution is 2.25. The van der Waals surface area contributed by atoms with E-state index in [2.05, 4.69) is 37.4 Å². The average Bonchev–Trinajstić information content (AvgIpc) is 2.93. The molecule has 0 unspecified atom stereocenters. The number of pyridine rings is 1.